The number of hydrogen-bond acceptors (Lipinski definition) is 3. The highest BCUT2D eigenvalue weighted by Gasteiger charge is 2.14. The van der Waals surface area contributed by atoms with Crippen molar-refractivity contribution in [3.63, 3.8) is 0 Å². The molecule has 0 aliphatic rings. The van der Waals surface area contributed by atoms with Gasteiger partial charge in [-0.15, -0.1) is 0 Å². The number of ether oxygens (including phenoxy) is 3. The molecule has 4 aromatic carbocycles. The van der Waals surface area contributed by atoms with Crippen molar-refractivity contribution in [1.29, 1.82) is 0 Å². The molecule has 0 heterocycles. The van der Waals surface area contributed by atoms with Gasteiger partial charge in [0.15, 0.2) is 0 Å². The quantitative estimate of drug-likeness (QED) is 0.323. The van der Waals surface area contributed by atoms with E-state index in [0.29, 0.717) is 41.6 Å². The molecule has 0 spiro atoms. The molecule has 0 aliphatic carbocycles. The van der Waals surface area contributed by atoms with E-state index in [-0.39, 0.29) is 5.82 Å². The molecule has 0 atom stereocenters. The maximum absolute atomic E-state index is 14.7. The molecule has 0 bridgehead atoms. The van der Waals surface area contributed by atoms with Gasteiger partial charge in [0.25, 0.3) is 0 Å². The van der Waals surface area contributed by atoms with Crippen LogP contribution < -0.4 is 14.2 Å². The first-order valence-corrected chi connectivity index (χ1v) is 10.0. The van der Waals surface area contributed by atoms with Crippen LogP contribution in [-0.4, -0.2) is 7.11 Å². The fourth-order valence-corrected chi connectivity index (χ4v) is 3.25. The van der Waals surface area contributed by atoms with E-state index < -0.39 is 0 Å². The zero-order valence-electron chi connectivity index (χ0n) is 17.3. The first-order chi connectivity index (χ1) is 15.2. The van der Waals surface area contributed by atoms with Crippen LogP contribution in [-0.2, 0) is 13.2 Å². The molecule has 0 fully saturated rings. The molecule has 3 nitrogen and oxygen atoms in total. The fraction of sp³-hybridized carbons (Fsp3) is 0.111. The van der Waals surface area contributed by atoms with Crippen LogP contribution in [0.4, 0.5) is 4.39 Å². The standard InChI is InChI=1S/C27H23FO3/c1-29-22-13-15-26(28)25(16-22)24-14-12-23(30-18-20-8-4-2-5-9-20)17-27(24)31-19-21-10-6-3-7-11-21/h2-17H,18-19H2,1H3. The third kappa shape index (κ3) is 5.23. The summed E-state index contributed by atoms with van der Waals surface area (Å²) >= 11 is 0. The average Bonchev–Trinajstić information content (AvgIpc) is 2.83. The molecular weight excluding hydrogens is 391 g/mol. The third-order valence-electron chi connectivity index (χ3n) is 4.90. The van der Waals surface area contributed by atoms with E-state index >= 15 is 0 Å². The van der Waals surface area contributed by atoms with Crippen LogP contribution in [0.15, 0.2) is 97.1 Å². The molecule has 0 saturated carbocycles. The highest BCUT2D eigenvalue weighted by Crippen LogP contribution is 2.37. The summed E-state index contributed by atoms with van der Waals surface area (Å²) < 4.78 is 32.0. The number of halogens is 1. The second-order valence-electron chi connectivity index (χ2n) is 7.05. The van der Waals surface area contributed by atoms with Crippen molar-refractivity contribution in [3.8, 4) is 28.4 Å². The van der Waals surface area contributed by atoms with E-state index in [2.05, 4.69) is 0 Å². The summed E-state index contributed by atoms with van der Waals surface area (Å²) in [5, 5.41) is 0. The Morgan fingerprint density at radius 2 is 1.23 bits per heavy atom. The molecule has 0 radical (unpaired) electrons. The van der Waals surface area contributed by atoms with Gasteiger partial charge in [0, 0.05) is 17.2 Å². The van der Waals surface area contributed by atoms with Gasteiger partial charge >= 0.3 is 0 Å². The first kappa shape index (κ1) is 20.5. The minimum atomic E-state index is -0.344. The Labute approximate surface area is 181 Å². The van der Waals surface area contributed by atoms with Crippen LogP contribution in [0.1, 0.15) is 11.1 Å². The van der Waals surface area contributed by atoms with Crippen LogP contribution in [0, 0.1) is 5.82 Å². The average molecular weight is 414 g/mol. The molecule has 0 amide bonds. The number of rotatable bonds is 8. The maximum atomic E-state index is 14.7. The minimum Gasteiger partial charge on any atom is -0.497 e. The fourth-order valence-electron chi connectivity index (χ4n) is 3.25. The molecular formula is C27H23FO3. The van der Waals surface area contributed by atoms with E-state index in [4.69, 9.17) is 14.2 Å². The monoisotopic (exact) mass is 414 g/mol. The zero-order chi connectivity index (χ0) is 21.5. The van der Waals surface area contributed by atoms with Crippen LogP contribution in [0.25, 0.3) is 11.1 Å². The van der Waals surface area contributed by atoms with E-state index in [9.17, 15) is 4.39 Å². The van der Waals surface area contributed by atoms with Gasteiger partial charge in [-0.2, -0.15) is 0 Å². The third-order valence-corrected chi connectivity index (χ3v) is 4.90. The van der Waals surface area contributed by atoms with Crippen molar-refractivity contribution in [2.45, 2.75) is 13.2 Å². The molecule has 0 unspecified atom stereocenters. The Bertz CT molecular complexity index is 1130. The summed E-state index contributed by atoms with van der Waals surface area (Å²) in [5.41, 5.74) is 3.14. The lowest BCUT2D eigenvalue weighted by molar-refractivity contribution is 0.290. The number of benzene rings is 4. The molecule has 4 rings (SSSR count). The van der Waals surface area contributed by atoms with Crippen molar-refractivity contribution >= 4 is 0 Å². The van der Waals surface area contributed by atoms with E-state index in [0.717, 1.165) is 11.1 Å². The second-order valence-corrected chi connectivity index (χ2v) is 7.05. The van der Waals surface area contributed by atoms with E-state index in [1.807, 2.05) is 72.8 Å². The van der Waals surface area contributed by atoms with Gasteiger partial charge in [-0.25, -0.2) is 4.39 Å². The first-order valence-electron chi connectivity index (χ1n) is 10.0. The van der Waals surface area contributed by atoms with Crippen molar-refractivity contribution in [1.82, 2.24) is 0 Å². The topological polar surface area (TPSA) is 27.7 Å². The Kier molecular flexibility index (Phi) is 6.48. The highest BCUT2D eigenvalue weighted by atomic mass is 19.1. The van der Waals surface area contributed by atoms with Gasteiger partial charge in [-0.3, -0.25) is 0 Å². The normalized spacial score (nSPS) is 10.5. The number of hydrogen-bond donors (Lipinski definition) is 0. The molecule has 31 heavy (non-hydrogen) atoms. The van der Waals surface area contributed by atoms with Gasteiger partial charge in [0.1, 0.15) is 36.3 Å². The molecule has 156 valence electrons. The van der Waals surface area contributed by atoms with Gasteiger partial charge < -0.3 is 14.2 Å². The molecule has 0 saturated heterocycles. The zero-order valence-corrected chi connectivity index (χ0v) is 17.3. The van der Waals surface area contributed by atoms with Crippen LogP contribution in [0.5, 0.6) is 17.2 Å². The molecule has 0 aromatic heterocycles. The second kappa shape index (κ2) is 9.81. The van der Waals surface area contributed by atoms with Crippen molar-refractivity contribution in [2.75, 3.05) is 7.11 Å². The largest absolute Gasteiger partial charge is 0.497 e. The summed E-state index contributed by atoms with van der Waals surface area (Å²) in [6.07, 6.45) is 0. The van der Waals surface area contributed by atoms with Crippen LogP contribution in [0.2, 0.25) is 0 Å². The summed E-state index contributed by atoms with van der Waals surface area (Å²) in [6, 6.07) is 29.9. The lowest BCUT2D eigenvalue weighted by atomic mass is 10.0. The lowest BCUT2D eigenvalue weighted by Crippen LogP contribution is -2.00. The summed E-state index contributed by atoms with van der Waals surface area (Å²) in [4.78, 5) is 0. The minimum absolute atomic E-state index is 0.344. The predicted molar refractivity (Wildman–Crippen MR) is 120 cm³/mol. The molecule has 0 N–H and O–H groups in total. The lowest BCUT2D eigenvalue weighted by Gasteiger charge is -2.15. The SMILES string of the molecule is COc1ccc(F)c(-c2ccc(OCc3ccccc3)cc2OCc2ccccc2)c1. The van der Waals surface area contributed by atoms with Gasteiger partial charge in [-0.05, 0) is 41.5 Å². The Morgan fingerprint density at radius 1 is 0.613 bits per heavy atom. The smallest absolute Gasteiger partial charge is 0.131 e. The van der Waals surface area contributed by atoms with Crippen molar-refractivity contribution in [2.24, 2.45) is 0 Å². The van der Waals surface area contributed by atoms with Gasteiger partial charge in [0.05, 0.1) is 7.11 Å². The molecule has 4 heteroatoms. The predicted octanol–water partition coefficient (Wildman–Crippen LogP) is 6.66. The van der Waals surface area contributed by atoms with Crippen molar-refractivity contribution < 1.29 is 18.6 Å². The van der Waals surface area contributed by atoms with Crippen molar-refractivity contribution in [3.05, 3.63) is 114 Å². The molecule has 4 aromatic rings. The Morgan fingerprint density at radius 3 is 1.87 bits per heavy atom. The van der Waals surface area contributed by atoms with Gasteiger partial charge in [-0.1, -0.05) is 60.7 Å². The summed E-state index contributed by atoms with van der Waals surface area (Å²) in [7, 11) is 1.56. The molecule has 0 aliphatic heterocycles. The van der Waals surface area contributed by atoms with Crippen LogP contribution >= 0.6 is 0 Å². The number of methoxy groups -OCH3 is 1. The van der Waals surface area contributed by atoms with Crippen LogP contribution in [0.3, 0.4) is 0 Å². The Balaban J connectivity index is 1.64. The maximum Gasteiger partial charge on any atom is 0.131 e. The van der Waals surface area contributed by atoms with Gasteiger partial charge in [0.2, 0.25) is 0 Å². The highest BCUT2D eigenvalue weighted by molar-refractivity contribution is 5.73. The van der Waals surface area contributed by atoms with E-state index in [1.165, 1.54) is 6.07 Å². The summed E-state index contributed by atoms with van der Waals surface area (Å²) in [5.74, 6) is 1.43. The Hall–Kier alpha value is -3.79. The van der Waals surface area contributed by atoms with E-state index in [1.54, 1.807) is 25.3 Å². The summed E-state index contributed by atoms with van der Waals surface area (Å²) in [6.45, 7) is 0.799.